The van der Waals surface area contributed by atoms with Gasteiger partial charge in [-0.2, -0.15) is 0 Å². The molecule has 1 N–H and O–H groups in total. The van der Waals surface area contributed by atoms with Crippen LogP contribution in [0, 0.1) is 17.3 Å². The molecule has 0 heterocycles. The summed E-state index contributed by atoms with van der Waals surface area (Å²) in [6, 6.07) is 0.950. The van der Waals surface area contributed by atoms with E-state index < -0.39 is 0 Å². The molecule has 2 atom stereocenters. The predicted octanol–water partition coefficient (Wildman–Crippen LogP) is 4.06. The first-order valence-corrected chi connectivity index (χ1v) is 9.65. The van der Waals surface area contributed by atoms with E-state index in [0.29, 0.717) is 5.41 Å². The van der Waals surface area contributed by atoms with Crippen LogP contribution in [0.4, 0.5) is 0 Å². The van der Waals surface area contributed by atoms with Crippen LogP contribution in [-0.4, -0.2) is 37.1 Å². The van der Waals surface area contributed by atoms with Crippen LogP contribution in [0.5, 0.6) is 0 Å². The Hall–Kier alpha value is -0.0800. The van der Waals surface area contributed by atoms with Crippen molar-refractivity contribution in [1.82, 2.24) is 10.2 Å². The lowest BCUT2D eigenvalue weighted by molar-refractivity contribution is 0.0735. The first kappa shape index (κ1) is 15.8. The van der Waals surface area contributed by atoms with Gasteiger partial charge < -0.3 is 5.32 Å². The smallest absolute Gasteiger partial charge is 0.00967 e. The molecule has 3 saturated carbocycles. The van der Waals surface area contributed by atoms with Gasteiger partial charge in [0.2, 0.25) is 0 Å². The molecule has 0 aliphatic heterocycles. The highest BCUT2D eigenvalue weighted by Gasteiger charge is 2.41. The number of nitrogens with zero attached hydrogens (tertiary/aromatic N) is 1. The number of nitrogens with one attached hydrogen (secondary N) is 1. The molecule has 2 nitrogen and oxygen atoms in total. The zero-order chi connectivity index (χ0) is 14.7. The fraction of sp³-hybridized carbons (Fsp3) is 1.00. The summed E-state index contributed by atoms with van der Waals surface area (Å²) in [5, 5.41) is 3.77. The highest BCUT2D eigenvalue weighted by Crippen LogP contribution is 2.43. The van der Waals surface area contributed by atoms with Crippen LogP contribution in [-0.2, 0) is 0 Å². The topological polar surface area (TPSA) is 15.3 Å². The van der Waals surface area contributed by atoms with Crippen LogP contribution in [0.15, 0.2) is 0 Å². The Kier molecular flexibility index (Phi) is 5.27. The van der Waals surface area contributed by atoms with E-state index in [9.17, 15) is 0 Å². The summed E-state index contributed by atoms with van der Waals surface area (Å²) in [6.45, 7) is 10.0. The maximum Gasteiger partial charge on any atom is 0.00967 e. The van der Waals surface area contributed by atoms with Crippen LogP contribution >= 0.6 is 0 Å². The van der Waals surface area contributed by atoms with Crippen molar-refractivity contribution in [2.75, 3.05) is 26.2 Å². The van der Waals surface area contributed by atoms with E-state index in [1.165, 1.54) is 84.0 Å². The van der Waals surface area contributed by atoms with E-state index in [2.05, 4.69) is 24.1 Å². The van der Waals surface area contributed by atoms with Crippen molar-refractivity contribution in [1.29, 1.82) is 0 Å². The van der Waals surface area contributed by atoms with Gasteiger partial charge in [-0.15, -0.1) is 0 Å². The molecule has 0 aromatic heterocycles. The summed E-state index contributed by atoms with van der Waals surface area (Å²) in [5.41, 5.74) is 0.574. The van der Waals surface area contributed by atoms with E-state index in [-0.39, 0.29) is 0 Å². The highest BCUT2D eigenvalue weighted by molar-refractivity contribution is 4.95. The lowest BCUT2D eigenvalue weighted by atomic mass is 9.69. The van der Waals surface area contributed by atoms with Crippen LogP contribution in [0.25, 0.3) is 0 Å². The van der Waals surface area contributed by atoms with Gasteiger partial charge in [-0.1, -0.05) is 26.7 Å². The van der Waals surface area contributed by atoms with Crippen molar-refractivity contribution >= 4 is 0 Å². The molecule has 0 bridgehead atoms. The average Bonchev–Trinajstić information content (AvgIpc) is 3.32. The van der Waals surface area contributed by atoms with Gasteiger partial charge >= 0.3 is 0 Å². The van der Waals surface area contributed by atoms with E-state index in [1.54, 1.807) is 0 Å². The second-order valence-corrected chi connectivity index (χ2v) is 8.48. The zero-order valence-electron chi connectivity index (χ0n) is 14.4. The van der Waals surface area contributed by atoms with Crippen molar-refractivity contribution in [3.8, 4) is 0 Å². The molecule has 2 heteroatoms. The molecule has 0 aromatic carbocycles. The van der Waals surface area contributed by atoms with Crippen LogP contribution in [0.3, 0.4) is 0 Å². The molecule has 3 aliphatic rings. The highest BCUT2D eigenvalue weighted by atomic mass is 15.2. The normalized spacial score (nSPS) is 33.6. The van der Waals surface area contributed by atoms with Crippen molar-refractivity contribution in [3.63, 3.8) is 0 Å². The summed E-state index contributed by atoms with van der Waals surface area (Å²) in [7, 11) is 0. The fourth-order valence-electron chi connectivity index (χ4n) is 4.50. The predicted molar refractivity (Wildman–Crippen MR) is 90.5 cm³/mol. The van der Waals surface area contributed by atoms with Crippen LogP contribution < -0.4 is 5.32 Å². The Bertz CT molecular complexity index is 322. The van der Waals surface area contributed by atoms with Gasteiger partial charge in [-0.05, 0) is 68.7 Å². The van der Waals surface area contributed by atoms with Gasteiger partial charge in [0.25, 0.3) is 0 Å². The summed E-state index contributed by atoms with van der Waals surface area (Å²) < 4.78 is 0. The Morgan fingerprint density at radius 3 is 2.57 bits per heavy atom. The summed E-state index contributed by atoms with van der Waals surface area (Å²) in [4.78, 5) is 2.91. The molecule has 3 rings (SSSR count). The van der Waals surface area contributed by atoms with Gasteiger partial charge in [0.05, 0.1) is 0 Å². The molecule has 2 unspecified atom stereocenters. The van der Waals surface area contributed by atoms with Crippen molar-refractivity contribution < 1.29 is 0 Å². The third kappa shape index (κ3) is 4.69. The summed E-state index contributed by atoms with van der Waals surface area (Å²) in [5.74, 6) is 1.98. The second-order valence-electron chi connectivity index (χ2n) is 8.48. The second kappa shape index (κ2) is 7.00. The van der Waals surface area contributed by atoms with Crippen molar-refractivity contribution in [2.24, 2.45) is 17.3 Å². The fourth-order valence-corrected chi connectivity index (χ4v) is 4.50. The number of rotatable bonds is 9. The Morgan fingerprint density at radius 1 is 1.14 bits per heavy atom. The summed E-state index contributed by atoms with van der Waals surface area (Å²) in [6.07, 6.45) is 13.0. The van der Waals surface area contributed by atoms with Crippen molar-refractivity contribution in [3.05, 3.63) is 0 Å². The molecule has 0 amide bonds. The molecule has 21 heavy (non-hydrogen) atoms. The maximum atomic E-state index is 3.77. The molecule has 0 radical (unpaired) electrons. The van der Waals surface area contributed by atoms with Gasteiger partial charge in [0, 0.05) is 25.7 Å². The van der Waals surface area contributed by atoms with Gasteiger partial charge in [0.1, 0.15) is 0 Å². The monoisotopic (exact) mass is 292 g/mol. The molecule has 122 valence electrons. The third-order valence-electron chi connectivity index (χ3n) is 5.90. The minimum Gasteiger partial charge on any atom is -0.316 e. The number of hydrogen-bond donors (Lipinski definition) is 1. The number of hydrogen-bond acceptors (Lipinski definition) is 2. The average molecular weight is 293 g/mol. The van der Waals surface area contributed by atoms with Gasteiger partial charge in [-0.3, -0.25) is 4.90 Å². The molecule has 0 aromatic rings. The quantitative estimate of drug-likeness (QED) is 0.645. The van der Waals surface area contributed by atoms with E-state index in [4.69, 9.17) is 0 Å². The Labute approximate surface area is 132 Å². The first-order valence-electron chi connectivity index (χ1n) is 9.65. The SMILES string of the molecule is CCCNCC1(CN(CC2CC2)C2CC2)CCCC(C)C1. The minimum atomic E-state index is 0.574. The lowest BCUT2D eigenvalue weighted by Gasteiger charge is -2.44. The minimum absolute atomic E-state index is 0.574. The van der Waals surface area contributed by atoms with Gasteiger partial charge in [0.15, 0.2) is 0 Å². The Morgan fingerprint density at radius 2 is 1.95 bits per heavy atom. The maximum absolute atomic E-state index is 3.77. The first-order chi connectivity index (χ1) is 10.2. The Balaban J connectivity index is 1.61. The van der Waals surface area contributed by atoms with Crippen molar-refractivity contribution in [2.45, 2.75) is 77.7 Å². The van der Waals surface area contributed by atoms with E-state index >= 15 is 0 Å². The van der Waals surface area contributed by atoms with E-state index in [1.807, 2.05) is 0 Å². The largest absolute Gasteiger partial charge is 0.316 e. The van der Waals surface area contributed by atoms with Gasteiger partial charge in [-0.25, -0.2) is 0 Å². The zero-order valence-corrected chi connectivity index (χ0v) is 14.4. The van der Waals surface area contributed by atoms with E-state index in [0.717, 1.165) is 17.9 Å². The lowest BCUT2D eigenvalue weighted by Crippen LogP contribution is -2.48. The van der Waals surface area contributed by atoms with Crippen LogP contribution in [0.1, 0.15) is 71.6 Å². The third-order valence-corrected chi connectivity index (χ3v) is 5.90. The molecular weight excluding hydrogens is 256 g/mol. The molecule has 3 aliphatic carbocycles. The standard InChI is InChI=1S/C19H36N2/c1-3-11-20-14-19(10-4-5-16(2)12-19)15-21(18-8-9-18)13-17-6-7-17/h16-18,20H,3-15H2,1-2H3. The molecule has 3 fully saturated rings. The van der Waals surface area contributed by atoms with Crippen LogP contribution in [0.2, 0.25) is 0 Å². The summed E-state index contributed by atoms with van der Waals surface area (Å²) >= 11 is 0. The molecular formula is C19H36N2. The molecule has 0 saturated heterocycles. The molecule has 0 spiro atoms.